The van der Waals surface area contributed by atoms with Crippen LogP contribution in [0.5, 0.6) is 0 Å². The molecule has 0 radical (unpaired) electrons. The molecule has 0 nitrogen and oxygen atoms in total. The molecule has 0 aromatic heterocycles. The highest BCUT2D eigenvalue weighted by atomic mass is 127. The molecule has 0 saturated heterocycles. The van der Waals surface area contributed by atoms with Crippen molar-refractivity contribution in [2.45, 2.75) is 12.8 Å². The third-order valence-electron chi connectivity index (χ3n) is 1.75. The van der Waals surface area contributed by atoms with Crippen LogP contribution in [-0.2, 0) is 0 Å². The topological polar surface area (TPSA) is 0 Å². The van der Waals surface area contributed by atoms with Gasteiger partial charge in [0.2, 0.25) is 0 Å². The Labute approximate surface area is 81.5 Å². The predicted molar refractivity (Wildman–Crippen MR) is 57.8 cm³/mol. The number of hydrogen-bond donors (Lipinski definition) is 0. The second-order valence-electron chi connectivity index (χ2n) is 2.55. The van der Waals surface area contributed by atoms with Crippen LogP contribution >= 0.6 is 22.6 Å². The van der Waals surface area contributed by atoms with Crippen LogP contribution in [-0.4, -0.2) is 0 Å². The van der Waals surface area contributed by atoms with Crippen molar-refractivity contribution in [3.05, 3.63) is 46.1 Å². The summed E-state index contributed by atoms with van der Waals surface area (Å²) in [5.74, 6) is 0.461. The van der Waals surface area contributed by atoms with Crippen molar-refractivity contribution in [3.8, 4) is 0 Å². The minimum Gasteiger partial charge on any atom is -0.102 e. The Morgan fingerprint density at radius 2 is 2.09 bits per heavy atom. The van der Waals surface area contributed by atoms with E-state index in [-0.39, 0.29) is 0 Å². The van der Waals surface area contributed by atoms with Crippen LogP contribution < -0.4 is 0 Å². The standard InChI is InChI=1S/C10H11I/c1-3-8(2)9-6-4-5-7-10(9)11/h3-8H,1H2,2H3. The quantitative estimate of drug-likeness (QED) is 0.561. The molecule has 0 aliphatic heterocycles. The van der Waals surface area contributed by atoms with E-state index < -0.39 is 0 Å². The monoisotopic (exact) mass is 258 g/mol. The Morgan fingerprint density at radius 1 is 1.45 bits per heavy atom. The van der Waals surface area contributed by atoms with E-state index >= 15 is 0 Å². The molecule has 0 N–H and O–H groups in total. The van der Waals surface area contributed by atoms with Gasteiger partial charge in [-0.05, 0) is 40.1 Å². The Kier molecular flexibility index (Phi) is 3.12. The summed E-state index contributed by atoms with van der Waals surface area (Å²) >= 11 is 2.35. The third-order valence-corrected chi connectivity index (χ3v) is 2.73. The smallest absolute Gasteiger partial charge is 0.0168 e. The second kappa shape index (κ2) is 3.90. The van der Waals surface area contributed by atoms with Crippen molar-refractivity contribution in [3.63, 3.8) is 0 Å². The Bertz CT molecular complexity index is 253. The zero-order valence-electron chi connectivity index (χ0n) is 6.55. The van der Waals surface area contributed by atoms with E-state index in [2.05, 4.69) is 60.4 Å². The fourth-order valence-electron chi connectivity index (χ4n) is 0.971. The molecule has 1 rings (SSSR count). The maximum Gasteiger partial charge on any atom is 0.0168 e. The van der Waals surface area contributed by atoms with E-state index in [1.54, 1.807) is 0 Å². The highest BCUT2D eigenvalue weighted by molar-refractivity contribution is 14.1. The summed E-state index contributed by atoms with van der Waals surface area (Å²) in [4.78, 5) is 0. The van der Waals surface area contributed by atoms with Crippen molar-refractivity contribution in [1.82, 2.24) is 0 Å². The average molecular weight is 258 g/mol. The second-order valence-corrected chi connectivity index (χ2v) is 3.71. The molecule has 0 bridgehead atoms. The van der Waals surface area contributed by atoms with E-state index in [0.717, 1.165) is 0 Å². The Balaban J connectivity index is 3.02. The van der Waals surface area contributed by atoms with Gasteiger partial charge in [0.1, 0.15) is 0 Å². The highest BCUT2D eigenvalue weighted by Gasteiger charge is 2.02. The molecule has 0 aliphatic rings. The van der Waals surface area contributed by atoms with Gasteiger partial charge < -0.3 is 0 Å². The summed E-state index contributed by atoms with van der Waals surface area (Å²) in [5, 5.41) is 0. The lowest BCUT2D eigenvalue weighted by molar-refractivity contribution is 0.962. The molecule has 0 saturated carbocycles. The molecule has 58 valence electrons. The molecule has 0 aliphatic carbocycles. The van der Waals surface area contributed by atoms with E-state index in [4.69, 9.17) is 0 Å². The van der Waals surface area contributed by atoms with Crippen molar-refractivity contribution >= 4 is 22.6 Å². The van der Waals surface area contributed by atoms with Crippen LogP contribution in [0.15, 0.2) is 36.9 Å². The fourth-order valence-corrected chi connectivity index (χ4v) is 1.85. The van der Waals surface area contributed by atoms with Crippen molar-refractivity contribution in [2.75, 3.05) is 0 Å². The summed E-state index contributed by atoms with van der Waals surface area (Å²) < 4.78 is 1.32. The van der Waals surface area contributed by atoms with Gasteiger partial charge in [-0.25, -0.2) is 0 Å². The first kappa shape index (κ1) is 8.78. The molecule has 1 unspecified atom stereocenters. The molecule has 0 amide bonds. The number of halogens is 1. The number of allylic oxidation sites excluding steroid dienone is 1. The van der Waals surface area contributed by atoms with Crippen LogP contribution in [0.4, 0.5) is 0 Å². The van der Waals surface area contributed by atoms with Gasteiger partial charge in [-0.15, -0.1) is 6.58 Å². The van der Waals surface area contributed by atoms with Crippen LogP contribution in [0.25, 0.3) is 0 Å². The predicted octanol–water partition coefficient (Wildman–Crippen LogP) is 3.58. The Morgan fingerprint density at radius 3 is 2.64 bits per heavy atom. The van der Waals surface area contributed by atoms with Gasteiger partial charge in [0.05, 0.1) is 0 Å². The molecule has 0 spiro atoms. The largest absolute Gasteiger partial charge is 0.102 e. The maximum absolute atomic E-state index is 3.77. The third kappa shape index (κ3) is 2.06. The molecule has 1 atom stereocenters. The van der Waals surface area contributed by atoms with Crippen LogP contribution in [0.1, 0.15) is 18.4 Å². The summed E-state index contributed by atoms with van der Waals surface area (Å²) in [6.07, 6.45) is 1.97. The van der Waals surface area contributed by atoms with E-state index in [9.17, 15) is 0 Å². The van der Waals surface area contributed by atoms with E-state index in [1.807, 2.05) is 6.08 Å². The first-order valence-corrected chi connectivity index (χ1v) is 4.70. The van der Waals surface area contributed by atoms with Crippen molar-refractivity contribution in [1.29, 1.82) is 0 Å². The molecular weight excluding hydrogens is 247 g/mol. The van der Waals surface area contributed by atoms with Crippen molar-refractivity contribution in [2.24, 2.45) is 0 Å². The van der Waals surface area contributed by atoms with Crippen LogP contribution in [0.2, 0.25) is 0 Å². The zero-order chi connectivity index (χ0) is 8.27. The lowest BCUT2D eigenvalue weighted by Crippen LogP contribution is -1.91. The summed E-state index contributed by atoms with van der Waals surface area (Å²) in [7, 11) is 0. The summed E-state index contributed by atoms with van der Waals surface area (Å²) in [6, 6.07) is 8.39. The van der Waals surface area contributed by atoms with Crippen molar-refractivity contribution < 1.29 is 0 Å². The molecule has 1 aromatic rings. The van der Waals surface area contributed by atoms with Crippen LogP contribution in [0.3, 0.4) is 0 Å². The lowest BCUT2D eigenvalue weighted by Gasteiger charge is -2.07. The number of benzene rings is 1. The van der Waals surface area contributed by atoms with E-state index in [1.165, 1.54) is 9.13 Å². The number of rotatable bonds is 2. The number of hydrogen-bond acceptors (Lipinski definition) is 0. The van der Waals surface area contributed by atoms with Gasteiger partial charge in [-0.1, -0.05) is 31.2 Å². The molecule has 0 fully saturated rings. The molecule has 1 heteroatoms. The van der Waals surface area contributed by atoms with Crippen LogP contribution in [0, 0.1) is 3.57 Å². The van der Waals surface area contributed by atoms with Gasteiger partial charge in [0, 0.05) is 3.57 Å². The molecule has 11 heavy (non-hydrogen) atoms. The van der Waals surface area contributed by atoms with Gasteiger partial charge in [-0.2, -0.15) is 0 Å². The SMILES string of the molecule is C=CC(C)c1ccccc1I. The minimum atomic E-state index is 0.461. The lowest BCUT2D eigenvalue weighted by atomic mass is 10.0. The fraction of sp³-hybridized carbons (Fsp3) is 0.200. The van der Waals surface area contributed by atoms with E-state index in [0.29, 0.717) is 5.92 Å². The molecular formula is C10H11I. The first-order chi connectivity index (χ1) is 5.25. The van der Waals surface area contributed by atoms with Gasteiger partial charge in [0.15, 0.2) is 0 Å². The highest BCUT2D eigenvalue weighted by Crippen LogP contribution is 2.21. The molecule has 0 heterocycles. The molecule has 1 aromatic carbocycles. The Hall–Kier alpha value is -0.310. The average Bonchev–Trinajstić information content (AvgIpc) is 2.04. The first-order valence-electron chi connectivity index (χ1n) is 3.62. The minimum absolute atomic E-state index is 0.461. The van der Waals surface area contributed by atoms with Gasteiger partial charge >= 0.3 is 0 Å². The normalized spacial score (nSPS) is 12.5. The van der Waals surface area contributed by atoms with Gasteiger partial charge in [0.25, 0.3) is 0 Å². The summed E-state index contributed by atoms with van der Waals surface area (Å²) in [5.41, 5.74) is 1.36. The summed E-state index contributed by atoms with van der Waals surface area (Å²) in [6.45, 7) is 5.93. The maximum atomic E-state index is 3.77. The van der Waals surface area contributed by atoms with Gasteiger partial charge in [-0.3, -0.25) is 0 Å². The zero-order valence-corrected chi connectivity index (χ0v) is 8.71.